The van der Waals surface area contributed by atoms with Gasteiger partial charge in [0.2, 0.25) is 0 Å². The van der Waals surface area contributed by atoms with Gasteiger partial charge in [-0.05, 0) is 18.8 Å². The molecule has 1 aliphatic rings. The molecule has 1 aromatic rings. The van der Waals surface area contributed by atoms with Gasteiger partial charge in [0.25, 0.3) is 0 Å². The molecule has 106 valence electrons. The van der Waals surface area contributed by atoms with Crippen LogP contribution in [0.15, 0.2) is 11.4 Å². The van der Waals surface area contributed by atoms with Crippen LogP contribution in [0.4, 0.5) is 0 Å². The Bertz CT molecular complexity index is 439. The fraction of sp³-hybridized carbons (Fsp3) is 0.692. The number of thioether (sulfide) groups is 1. The molecule has 5 nitrogen and oxygen atoms in total. The molecule has 1 saturated heterocycles. The lowest BCUT2D eigenvalue weighted by molar-refractivity contribution is -0.133. The van der Waals surface area contributed by atoms with E-state index in [4.69, 9.17) is 9.84 Å². The molecule has 0 spiro atoms. The zero-order chi connectivity index (χ0) is 13.8. The second-order valence-electron chi connectivity index (χ2n) is 5.02. The van der Waals surface area contributed by atoms with Gasteiger partial charge in [-0.25, -0.2) is 4.98 Å². The Morgan fingerprint density at radius 2 is 2.26 bits per heavy atom. The molecular formula is C13H20N2O3S. The minimum atomic E-state index is -0.808. The minimum Gasteiger partial charge on any atom is -0.481 e. The molecule has 0 amide bonds. The highest BCUT2D eigenvalue weighted by Gasteiger charge is 2.23. The number of nitrogens with zero attached hydrogens (tertiary/aromatic N) is 2. The largest absolute Gasteiger partial charge is 0.481 e. The number of carboxylic acids is 1. The molecule has 6 heteroatoms. The van der Waals surface area contributed by atoms with Crippen LogP contribution in [-0.2, 0) is 9.53 Å². The van der Waals surface area contributed by atoms with Crippen LogP contribution in [0.25, 0.3) is 0 Å². The van der Waals surface area contributed by atoms with Gasteiger partial charge in [-0.2, -0.15) is 0 Å². The lowest BCUT2D eigenvalue weighted by atomic mass is 10.1. The van der Waals surface area contributed by atoms with E-state index in [1.165, 1.54) is 17.5 Å². The van der Waals surface area contributed by atoms with Crippen molar-refractivity contribution in [2.24, 2.45) is 0 Å². The zero-order valence-corrected chi connectivity index (χ0v) is 12.2. The number of aliphatic carboxylic acids is 1. The predicted molar refractivity (Wildman–Crippen MR) is 73.8 cm³/mol. The Morgan fingerprint density at radius 1 is 1.58 bits per heavy atom. The Hall–Kier alpha value is -1.01. The number of carboxylic acid groups (broad SMARTS) is 1. The van der Waals surface area contributed by atoms with Gasteiger partial charge in [-0.3, -0.25) is 4.79 Å². The first kappa shape index (κ1) is 14.4. The number of ether oxygens (including phenoxy) is 1. The van der Waals surface area contributed by atoms with Crippen LogP contribution in [-0.4, -0.2) is 39.6 Å². The molecule has 2 heterocycles. The van der Waals surface area contributed by atoms with E-state index in [9.17, 15) is 4.79 Å². The first-order valence-electron chi connectivity index (χ1n) is 6.59. The summed E-state index contributed by atoms with van der Waals surface area (Å²) in [6.45, 7) is 5.81. The average Bonchev–Trinajstić information content (AvgIpc) is 2.81. The molecule has 19 heavy (non-hydrogen) atoms. The standard InChI is InChI=1S/C13H20N2O3S/c1-9(2)11-7-14-13(19-8-12(16)17)15(11)10-3-5-18-6-4-10/h7,9-10H,3-6,8H2,1-2H3,(H,16,17). The monoisotopic (exact) mass is 284 g/mol. The van der Waals surface area contributed by atoms with E-state index in [1.807, 2.05) is 6.20 Å². The summed E-state index contributed by atoms with van der Waals surface area (Å²) in [7, 11) is 0. The van der Waals surface area contributed by atoms with E-state index in [0.717, 1.165) is 31.2 Å². The van der Waals surface area contributed by atoms with Crippen LogP contribution in [0, 0.1) is 0 Å². The molecule has 0 aromatic carbocycles. The number of carbonyl (C=O) groups is 1. The fourth-order valence-corrected chi connectivity index (χ4v) is 3.10. The van der Waals surface area contributed by atoms with Gasteiger partial charge < -0.3 is 14.4 Å². The molecule has 1 aromatic heterocycles. The lowest BCUT2D eigenvalue weighted by Gasteiger charge is -2.27. The summed E-state index contributed by atoms with van der Waals surface area (Å²) >= 11 is 1.30. The van der Waals surface area contributed by atoms with Crippen molar-refractivity contribution in [3.8, 4) is 0 Å². The van der Waals surface area contributed by atoms with Crippen LogP contribution in [0.5, 0.6) is 0 Å². The molecule has 0 aliphatic carbocycles. The molecule has 1 aliphatic heterocycles. The number of aromatic nitrogens is 2. The first-order chi connectivity index (χ1) is 9.09. The Morgan fingerprint density at radius 3 is 2.84 bits per heavy atom. The summed E-state index contributed by atoms with van der Waals surface area (Å²) in [6, 6.07) is 0.380. The molecule has 0 bridgehead atoms. The maximum Gasteiger partial charge on any atom is 0.313 e. The van der Waals surface area contributed by atoms with E-state index in [0.29, 0.717) is 12.0 Å². The van der Waals surface area contributed by atoms with Crippen molar-refractivity contribution < 1.29 is 14.6 Å². The third kappa shape index (κ3) is 3.51. The van der Waals surface area contributed by atoms with Crippen LogP contribution < -0.4 is 0 Å². The van der Waals surface area contributed by atoms with E-state index < -0.39 is 5.97 Å². The molecule has 0 radical (unpaired) electrons. The van der Waals surface area contributed by atoms with Crippen molar-refractivity contribution in [2.75, 3.05) is 19.0 Å². The van der Waals surface area contributed by atoms with Crippen molar-refractivity contribution in [3.63, 3.8) is 0 Å². The van der Waals surface area contributed by atoms with Gasteiger partial charge in [0.15, 0.2) is 5.16 Å². The average molecular weight is 284 g/mol. The van der Waals surface area contributed by atoms with E-state index in [1.54, 1.807) is 0 Å². The SMILES string of the molecule is CC(C)c1cnc(SCC(=O)O)n1C1CCOCC1. The second kappa shape index (κ2) is 6.43. The summed E-state index contributed by atoms with van der Waals surface area (Å²) in [4.78, 5) is 15.1. The van der Waals surface area contributed by atoms with Crippen LogP contribution in [0.2, 0.25) is 0 Å². The molecule has 0 saturated carbocycles. The summed E-state index contributed by atoms with van der Waals surface area (Å²) in [5.74, 6) is -0.371. The number of hydrogen-bond acceptors (Lipinski definition) is 4. The predicted octanol–water partition coefficient (Wildman–Crippen LogP) is 2.53. The highest BCUT2D eigenvalue weighted by molar-refractivity contribution is 7.99. The van der Waals surface area contributed by atoms with Crippen LogP contribution in [0.1, 0.15) is 44.3 Å². The van der Waals surface area contributed by atoms with Gasteiger partial charge in [-0.1, -0.05) is 25.6 Å². The maximum absolute atomic E-state index is 10.7. The minimum absolute atomic E-state index is 0.0533. The number of hydrogen-bond donors (Lipinski definition) is 1. The van der Waals surface area contributed by atoms with Gasteiger partial charge in [0.05, 0.1) is 5.75 Å². The van der Waals surface area contributed by atoms with Crippen molar-refractivity contribution >= 4 is 17.7 Å². The van der Waals surface area contributed by atoms with Gasteiger partial charge >= 0.3 is 5.97 Å². The summed E-state index contributed by atoms with van der Waals surface area (Å²) in [5.41, 5.74) is 1.18. The van der Waals surface area contributed by atoms with Gasteiger partial charge in [-0.15, -0.1) is 0 Å². The highest BCUT2D eigenvalue weighted by atomic mass is 32.2. The quantitative estimate of drug-likeness (QED) is 0.842. The highest BCUT2D eigenvalue weighted by Crippen LogP contribution is 2.31. The lowest BCUT2D eigenvalue weighted by Crippen LogP contribution is -2.22. The molecule has 2 rings (SSSR count). The number of rotatable bonds is 5. The molecule has 1 N–H and O–H groups in total. The summed E-state index contributed by atoms with van der Waals surface area (Å²) in [5, 5.41) is 9.63. The van der Waals surface area contributed by atoms with E-state index in [-0.39, 0.29) is 5.75 Å². The third-order valence-electron chi connectivity index (χ3n) is 3.26. The Balaban J connectivity index is 2.24. The van der Waals surface area contributed by atoms with E-state index >= 15 is 0 Å². The molecular weight excluding hydrogens is 264 g/mol. The normalized spacial score (nSPS) is 17.0. The molecule has 1 fully saturated rings. The van der Waals surface area contributed by atoms with Crippen LogP contribution in [0.3, 0.4) is 0 Å². The van der Waals surface area contributed by atoms with Crippen molar-refractivity contribution in [1.29, 1.82) is 0 Å². The smallest absolute Gasteiger partial charge is 0.313 e. The zero-order valence-electron chi connectivity index (χ0n) is 11.3. The van der Waals surface area contributed by atoms with Gasteiger partial charge in [0.1, 0.15) is 0 Å². The van der Waals surface area contributed by atoms with Crippen LogP contribution >= 0.6 is 11.8 Å². The Labute approximate surface area is 117 Å². The molecule has 0 atom stereocenters. The van der Waals surface area contributed by atoms with Crippen molar-refractivity contribution in [1.82, 2.24) is 9.55 Å². The van der Waals surface area contributed by atoms with Crippen molar-refractivity contribution in [2.45, 2.75) is 43.8 Å². The number of imidazole rings is 1. The fourth-order valence-electron chi connectivity index (χ4n) is 2.33. The summed E-state index contributed by atoms with van der Waals surface area (Å²) in [6.07, 6.45) is 3.82. The Kier molecular flexibility index (Phi) is 4.87. The maximum atomic E-state index is 10.7. The van der Waals surface area contributed by atoms with E-state index in [2.05, 4.69) is 23.4 Å². The third-order valence-corrected chi connectivity index (χ3v) is 4.22. The first-order valence-corrected chi connectivity index (χ1v) is 7.57. The van der Waals surface area contributed by atoms with Gasteiger partial charge in [0, 0.05) is 31.1 Å². The summed E-state index contributed by atoms with van der Waals surface area (Å²) < 4.78 is 7.62. The van der Waals surface area contributed by atoms with Crippen molar-refractivity contribution in [3.05, 3.63) is 11.9 Å². The topological polar surface area (TPSA) is 64.3 Å². The second-order valence-corrected chi connectivity index (χ2v) is 5.96. The molecule has 0 unspecified atom stereocenters.